The smallest absolute Gasteiger partial charge is 0.406 e. The average molecular weight is 590 g/mol. The number of benzene rings is 2. The van der Waals surface area contributed by atoms with Crippen LogP contribution in [0.4, 0.5) is 13.2 Å². The van der Waals surface area contributed by atoms with Crippen LogP contribution in [0.1, 0.15) is 18.7 Å². The molecule has 0 fully saturated rings. The third-order valence-corrected chi connectivity index (χ3v) is 6.43. The lowest BCUT2D eigenvalue weighted by atomic mass is 9.97. The Morgan fingerprint density at radius 3 is 2.40 bits per heavy atom. The molecule has 2 N–H and O–H groups in total. The normalized spacial score (nSPS) is 13.5. The van der Waals surface area contributed by atoms with Gasteiger partial charge in [-0.05, 0) is 66.9 Å². The molecular formula is C26H20Cl2F3N7O2. The van der Waals surface area contributed by atoms with E-state index in [9.17, 15) is 18.0 Å². The Morgan fingerprint density at radius 2 is 1.77 bits per heavy atom. The van der Waals surface area contributed by atoms with Crippen LogP contribution in [0.3, 0.4) is 0 Å². The molecule has 0 aliphatic heterocycles. The first kappa shape index (κ1) is 27.4. The number of halogens is 5. The summed E-state index contributed by atoms with van der Waals surface area (Å²) >= 11 is 12.5. The third kappa shape index (κ3) is 6.88. The molecule has 2 aromatic carbocycles. The van der Waals surface area contributed by atoms with E-state index in [1.165, 1.54) is 24.3 Å². The molecule has 4 aromatic rings. The molecule has 0 saturated heterocycles. The van der Waals surface area contributed by atoms with Gasteiger partial charge in [0.15, 0.2) is 5.82 Å². The first-order valence-electron chi connectivity index (χ1n) is 11.9. The van der Waals surface area contributed by atoms with Crippen LogP contribution in [-0.2, 0) is 17.9 Å². The molecule has 40 heavy (non-hydrogen) atoms. The maximum atomic E-state index is 12.6. The molecule has 2 heterocycles. The number of aromatic amines is 1. The quantitative estimate of drug-likeness (QED) is 0.265. The molecule has 0 atom stereocenters. The van der Waals surface area contributed by atoms with E-state index in [-0.39, 0.29) is 18.2 Å². The number of aromatic nitrogens is 6. The molecule has 2 aromatic heterocycles. The van der Waals surface area contributed by atoms with Crippen LogP contribution in [0.5, 0.6) is 5.75 Å². The van der Waals surface area contributed by atoms with Crippen LogP contribution in [0, 0.1) is 0 Å². The Bertz CT molecular complexity index is 1560. The van der Waals surface area contributed by atoms with Gasteiger partial charge in [-0.1, -0.05) is 40.6 Å². The molecule has 0 unspecified atom stereocenters. The summed E-state index contributed by atoms with van der Waals surface area (Å²) in [5.41, 5.74) is 4.22. The summed E-state index contributed by atoms with van der Waals surface area (Å²) in [7, 11) is 0. The second kappa shape index (κ2) is 11.5. The number of alkyl halides is 3. The Kier molecular flexibility index (Phi) is 7.90. The summed E-state index contributed by atoms with van der Waals surface area (Å²) in [5, 5.41) is 21.8. The molecule has 9 nitrogen and oxygen atoms in total. The third-order valence-electron chi connectivity index (χ3n) is 6.00. The lowest BCUT2D eigenvalue weighted by Gasteiger charge is -2.16. The topological polar surface area (TPSA) is 111 Å². The predicted octanol–water partition coefficient (Wildman–Crippen LogP) is 5.90. The van der Waals surface area contributed by atoms with Crippen LogP contribution in [0.2, 0.25) is 10.0 Å². The van der Waals surface area contributed by atoms with Gasteiger partial charge in [0.25, 0.3) is 0 Å². The van der Waals surface area contributed by atoms with Crippen molar-refractivity contribution in [3.8, 4) is 28.3 Å². The minimum absolute atomic E-state index is 0.161. The number of hydrogen-bond acceptors (Lipinski definition) is 6. The number of rotatable bonds is 8. The first-order chi connectivity index (χ1) is 19.1. The van der Waals surface area contributed by atoms with Crippen molar-refractivity contribution in [3.05, 3.63) is 87.7 Å². The number of carbonyl (C=O) groups is 1. The number of allylic oxidation sites excluding steroid dienone is 3. The minimum atomic E-state index is -4.78. The number of tetrazole rings is 1. The molecule has 206 valence electrons. The van der Waals surface area contributed by atoms with E-state index in [0.717, 1.165) is 11.1 Å². The van der Waals surface area contributed by atoms with Crippen LogP contribution in [0.25, 0.3) is 22.5 Å². The van der Waals surface area contributed by atoms with Crippen LogP contribution in [0.15, 0.2) is 71.8 Å². The van der Waals surface area contributed by atoms with Gasteiger partial charge < -0.3 is 10.1 Å². The van der Waals surface area contributed by atoms with Gasteiger partial charge in [-0.2, -0.15) is 10.3 Å². The number of amides is 1. The average Bonchev–Trinajstić information content (AvgIpc) is 3.57. The van der Waals surface area contributed by atoms with Crippen molar-refractivity contribution in [2.24, 2.45) is 0 Å². The van der Waals surface area contributed by atoms with E-state index < -0.39 is 6.36 Å². The highest BCUT2D eigenvalue weighted by Gasteiger charge is 2.31. The van der Waals surface area contributed by atoms with Crippen molar-refractivity contribution in [2.45, 2.75) is 32.3 Å². The molecule has 1 aliphatic rings. The standard InChI is InChI=1S/C26H20Cl2F3N7O2/c27-19-9-18(10-20(28)11-19)23-12-22(16-5-7-21(8-6-16)40-26(29,30)31)35-38(23)14-15-1-3-17(4-2-15)25(39)32-13-24-33-36-37-34-24/h1,3,5-12H,2,4,13-14H2,(H,32,39)(H,33,34,36,37). The molecule has 0 radical (unpaired) electrons. The second-order valence-corrected chi connectivity index (χ2v) is 9.70. The fourth-order valence-corrected chi connectivity index (χ4v) is 4.69. The molecule has 1 amide bonds. The van der Waals surface area contributed by atoms with Gasteiger partial charge in [0.1, 0.15) is 5.75 Å². The zero-order valence-electron chi connectivity index (χ0n) is 20.5. The number of ether oxygens (including phenoxy) is 1. The molecule has 0 saturated carbocycles. The van der Waals surface area contributed by atoms with Gasteiger partial charge in [-0.3, -0.25) is 9.48 Å². The molecule has 5 rings (SSSR count). The van der Waals surface area contributed by atoms with Crippen LogP contribution in [-0.4, -0.2) is 42.7 Å². The molecule has 0 bridgehead atoms. The highest BCUT2D eigenvalue weighted by atomic mass is 35.5. The monoisotopic (exact) mass is 589 g/mol. The van der Waals surface area contributed by atoms with Crippen molar-refractivity contribution in [1.29, 1.82) is 0 Å². The highest BCUT2D eigenvalue weighted by Crippen LogP contribution is 2.33. The number of hydrogen-bond donors (Lipinski definition) is 2. The Morgan fingerprint density at radius 1 is 1.02 bits per heavy atom. The van der Waals surface area contributed by atoms with E-state index in [1.54, 1.807) is 29.0 Å². The van der Waals surface area contributed by atoms with E-state index >= 15 is 0 Å². The van der Waals surface area contributed by atoms with E-state index in [1.807, 2.05) is 12.1 Å². The summed E-state index contributed by atoms with van der Waals surface area (Å²) in [5.74, 6) is -0.158. The second-order valence-electron chi connectivity index (χ2n) is 8.83. The first-order valence-corrected chi connectivity index (χ1v) is 12.7. The Hall–Kier alpha value is -4.16. The number of nitrogens with zero attached hydrogens (tertiary/aromatic N) is 5. The summed E-state index contributed by atoms with van der Waals surface area (Å²) in [4.78, 5) is 12.5. The van der Waals surface area contributed by atoms with Gasteiger partial charge in [-0.15, -0.1) is 23.4 Å². The number of H-pyrrole nitrogens is 1. The van der Waals surface area contributed by atoms with Gasteiger partial charge in [0.2, 0.25) is 5.91 Å². The van der Waals surface area contributed by atoms with Crippen molar-refractivity contribution in [3.63, 3.8) is 0 Å². The van der Waals surface area contributed by atoms with Gasteiger partial charge in [0, 0.05) is 26.7 Å². The van der Waals surface area contributed by atoms with Crippen molar-refractivity contribution in [2.75, 3.05) is 0 Å². The molecule has 1 aliphatic carbocycles. The van der Waals surface area contributed by atoms with Gasteiger partial charge >= 0.3 is 6.36 Å². The van der Waals surface area contributed by atoms with Crippen molar-refractivity contribution >= 4 is 29.1 Å². The number of carbonyl (C=O) groups excluding carboxylic acids is 1. The maximum Gasteiger partial charge on any atom is 0.573 e. The molecule has 0 spiro atoms. The number of nitrogens with one attached hydrogen (secondary N) is 2. The summed E-state index contributed by atoms with van der Waals surface area (Å²) in [6.07, 6.45) is 0.0161. The minimum Gasteiger partial charge on any atom is -0.406 e. The summed E-state index contributed by atoms with van der Waals surface area (Å²) in [6.45, 7) is 0.567. The lowest BCUT2D eigenvalue weighted by molar-refractivity contribution is -0.274. The maximum absolute atomic E-state index is 12.6. The Balaban J connectivity index is 1.39. The highest BCUT2D eigenvalue weighted by molar-refractivity contribution is 6.35. The van der Waals surface area contributed by atoms with E-state index in [4.69, 9.17) is 28.3 Å². The predicted molar refractivity (Wildman–Crippen MR) is 141 cm³/mol. The Labute approximate surface area is 235 Å². The molecule has 14 heteroatoms. The van der Waals surface area contributed by atoms with E-state index in [0.29, 0.717) is 57.8 Å². The van der Waals surface area contributed by atoms with Crippen LogP contribution < -0.4 is 10.1 Å². The van der Waals surface area contributed by atoms with E-state index in [2.05, 4.69) is 30.7 Å². The summed E-state index contributed by atoms with van der Waals surface area (Å²) in [6, 6.07) is 12.4. The molecular weight excluding hydrogens is 570 g/mol. The zero-order valence-corrected chi connectivity index (χ0v) is 22.1. The van der Waals surface area contributed by atoms with Gasteiger partial charge in [0.05, 0.1) is 24.5 Å². The zero-order chi connectivity index (χ0) is 28.3. The van der Waals surface area contributed by atoms with Crippen LogP contribution >= 0.6 is 23.2 Å². The van der Waals surface area contributed by atoms with Crippen molar-refractivity contribution < 1.29 is 22.7 Å². The van der Waals surface area contributed by atoms with Crippen molar-refractivity contribution in [1.82, 2.24) is 35.7 Å². The summed E-state index contributed by atoms with van der Waals surface area (Å²) < 4.78 is 43.4. The largest absolute Gasteiger partial charge is 0.573 e. The lowest BCUT2D eigenvalue weighted by Crippen LogP contribution is -2.25. The fraction of sp³-hybridized carbons (Fsp3) is 0.192. The fourth-order valence-electron chi connectivity index (χ4n) is 4.16. The van der Waals surface area contributed by atoms with Gasteiger partial charge in [-0.25, -0.2) is 0 Å². The SMILES string of the molecule is O=C(NCc1nn[nH]n1)C1=CC=C(Cn2nc(-c3ccc(OC(F)(F)F)cc3)cc2-c2cc(Cl)cc(Cl)c2)CC1.